The Balaban J connectivity index is 3.03. The minimum absolute atomic E-state index is 0.126. The van der Waals surface area contributed by atoms with E-state index in [1.165, 1.54) is 18.5 Å². The molecule has 0 fully saturated rings. The first kappa shape index (κ1) is 14.4. The summed E-state index contributed by atoms with van der Waals surface area (Å²) in [5.74, 6) is -0.240. The third-order valence-electron chi connectivity index (χ3n) is 3.07. The van der Waals surface area contributed by atoms with Crippen molar-refractivity contribution in [3.63, 3.8) is 0 Å². The molecule has 1 heterocycles. The zero-order valence-electron chi connectivity index (χ0n) is 11.0. The van der Waals surface area contributed by atoms with Crippen LogP contribution >= 0.6 is 0 Å². The monoisotopic (exact) mass is 251 g/mol. The molecule has 0 saturated carbocycles. The van der Waals surface area contributed by atoms with E-state index in [0.29, 0.717) is 13.1 Å². The molecular formula is C13H21N3O2. The lowest BCUT2D eigenvalue weighted by atomic mass is 10.1. The molecule has 0 radical (unpaired) electrons. The molecule has 0 bridgehead atoms. The van der Waals surface area contributed by atoms with Crippen molar-refractivity contribution in [2.75, 3.05) is 13.1 Å². The second kappa shape index (κ2) is 6.96. The Labute approximate surface area is 107 Å². The summed E-state index contributed by atoms with van der Waals surface area (Å²) in [6.07, 6.45) is 4.68. The van der Waals surface area contributed by atoms with Gasteiger partial charge in [-0.25, -0.2) is 0 Å². The second-order valence-electron chi connectivity index (χ2n) is 4.18. The summed E-state index contributed by atoms with van der Waals surface area (Å²) < 4.78 is 0. The molecule has 0 unspecified atom stereocenters. The summed E-state index contributed by atoms with van der Waals surface area (Å²) in [5.41, 5.74) is 5.47. The van der Waals surface area contributed by atoms with Crippen LogP contribution in [0.15, 0.2) is 23.3 Å². The number of aromatic nitrogens is 1. The lowest BCUT2D eigenvalue weighted by molar-refractivity contribution is 0.0672. The van der Waals surface area contributed by atoms with Gasteiger partial charge in [0.05, 0.1) is 0 Å². The molecule has 1 aromatic rings. The van der Waals surface area contributed by atoms with E-state index in [1.807, 2.05) is 13.8 Å². The Morgan fingerprint density at radius 1 is 1.44 bits per heavy atom. The van der Waals surface area contributed by atoms with Gasteiger partial charge in [0.2, 0.25) is 0 Å². The van der Waals surface area contributed by atoms with Gasteiger partial charge in [0, 0.05) is 37.6 Å². The van der Waals surface area contributed by atoms with Crippen LogP contribution in [-0.4, -0.2) is 34.9 Å². The molecule has 0 atom stereocenters. The van der Waals surface area contributed by atoms with Crippen LogP contribution in [0.2, 0.25) is 0 Å². The summed E-state index contributed by atoms with van der Waals surface area (Å²) in [5, 5.41) is 0. The van der Waals surface area contributed by atoms with E-state index in [2.05, 4.69) is 4.98 Å². The van der Waals surface area contributed by atoms with Gasteiger partial charge in [-0.3, -0.25) is 9.59 Å². The first-order chi connectivity index (χ1) is 8.65. The first-order valence-corrected chi connectivity index (χ1v) is 6.33. The summed E-state index contributed by atoms with van der Waals surface area (Å²) in [6.45, 7) is 4.92. The molecule has 0 saturated heterocycles. The third-order valence-corrected chi connectivity index (χ3v) is 3.07. The number of rotatable bonds is 6. The number of H-pyrrole nitrogens is 1. The Morgan fingerprint density at radius 2 is 2.11 bits per heavy atom. The Kier molecular flexibility index (Phi) is 5.58. The predicted octanol–water partition coefficient (Wildman–Crippen LogP) is 0.964. The Morgan fingerprint density at radius 3 is 2.61 bits per heavy atom. The molecule has 0 aromatic carbocycles. The number of nitrogens with two attached hydrogens (primary N) is 1. The highest BCUT2D eigenvalue weighted by molar-refractivity contribution is 5.94. The van der Waals surface area contributed by atoms with Gasteiger partial charge in [0.15, 0.2) is 5.43 Å². The van der Waals surface area contributed by atoms with Gasteiger partial charge in [0.1, 0.15) is 5.56 Å². The van der Waals surface area contributed by atoms with Crippen LogP contribution < -0.4 is 11.2 Å². The van der Waals surface area contributed by atoms with Crippen molar-refractivity contribution in [1.82, 2.24) is 9.88 Å². The van der Waals surface area contributed by atoms with Crippen molar-refractivity contribution in [2.45, 2.75) is 32.7 Å². The minimum Gasteiger partial charge on any atom is -0.367 e. The van der Waals surface area contributed by atoms with E-state index in [0.717, 1.165) is 12.8 Å². The molecule has 0 spiro atoms. The SMILES string of the molecule is CCC(CC)N(CCN)C(=O)c1c[nH]ccc1=O. The fourth-order valence-corrected chi connectivity index (χ4v) is 2.06. The Bertz CT molecular complexity index is 438. The van der Waals surface area contributed by atoms with Crippen molar-refractivity contribution < 1.29 is 4.79 Å². The van der Waals surface area contributed by atoms with Gasteiger partial charge in [-0.1, -0.05) is 13.8 Å². The molecule has 5 heteroatoms. The minimum atomic E-state index is -0.258. The topological polar surface area (TPSA) is 79.2 Å². The van der Waals surface area contributed by atoms with Crippen molar-refractivity contribution in [1.29, 1.82) is 0 Å². The zero-order valence-corrected chi connectivity index (χ0v) is 11.0. The largest absolute Gasteiger partial charge is 0.367 e. The fraction of sp³-hybridized carbons (Fsp3) is 0.538. The quantitative estimate of drug-likeness (QED) is 0.790. The van der Waals surface area contributed by atoms with Crippen molar-refractivity contribution in [2.24, 2.45) is 5.73 Å². The lowest BCUT2D eigenvalue weighted by Gasteiger charge is -2.30. The van der Waals surface area contributed by atoms with E-state index in [9.17, 15) is 9.59 Å². The predicted molar refractivity (Wildman–Crippen MR) is 71.5 cm³/mol. The highest BCUT2D eigenvalue weighted by Crippen LogP contribution is 2.11. The van der Waals surface area contributed by atoms with Gasteiger partial charge >= 0.3 is 0 Å². The molecule has 0 aliphatic carbocycles. The summed E-state index contributed by atoms with van der Waals surface area (Å²) >= 11 is 0. The molecule has 0 aliphatic rings. The van der Waals surface area contributed by atoms with Crippen LogP contribution in [0.25, 0.3) is 0 Å². The number of carbonyl (C=O) groups excluding carboxylic acids is 1. The zero-order chi connectivity index (χ0) is 13.5. The average molecular weight is 251 g/mol. The van der Waals surface area contributed by atoms with Crippen molar-refractivity contribution in [3.8, 4) is 0 Å². The van der Waals surface area contributed by atoms with E-state index in [-0.39, 0.29) is 22.9 Å². The summed E-state index contributed by atoms with van der Waals surface area (Å²) in [7, 11) is 0. The maximum absolute atomic E-state index is 12.4. The summed E-state index contributed by atoms with van der Waals surface area (Å²) in [6, 6.07) is 1.49. The highest BCUT2D eigenvalue weighted by Gasteiger charge is 2.23. The Hall–Kier alpha value is -1.62. The molecular weight excluding hydrogens is 230 g/mol. The smallest absolute Gasteiger partial charge is 0.259 e. The number of nitrogens with one attached hydrogen (secondary N) is 1. The molecule has 1 amide bonds. The molecule has 0 aliphatic heterocycles. The number of pyridine rings is 1. The van der Waals surface area contributed by atoms with Crippen LogP contribution in [0, 0.1) is 0 Å². The number of nitrogens with zero attached hydrogens (tertiary/aromatic N) is 1. The van der Waals surface area contributed by atoms with Gasteiger partial charge in [-0.2, -0.15) is 0 Å². The fourth-order valence-electron chi connectivity index (χ4n) is 2.06. The van der Waals surface area contributed by atoms with Crippen LogP contribution in [-0.2, 0) is 0 Å². The molecule has 1 aromatic heterocycles. The van der Waals surface area contributed by atoms with Crippen LogP contribution in [0.4, 0.5) is 0 Å². The van der Waals surface area contributed by atoms with Crippen LogP contribution in [0.1, 0.15) is 37.0 Å². The number of hydrogen-bond acceptors (Lipinski definition) is 3. The first-order valence-electron chi connectivity index (χ1n) is 6.33. The van der Waals surface area contributed by atoms with Crippen molar-refractivity contribution >= 4 is 5.91 Å². The molecule has 100 valence electrons. The van der Waals surface area contributed by atoms with Crippen molar-refractivity contribution in [3.05, 3.63) is 34.2 Å². The standard InChI is InChI=1S/C13H21N3O2/c1-3-10(4-2)16(8-6-14)13(18)11-9-15-7-5-12(11)17/h5,7,9-10H,3-4,6,8,14H2,1-2H3,(H,15,17). The maximum Gasteiger partial charge on any atom is 0.259 e. The van der Waals surface area contributed by atoms with Crippen LogP contribution in [0.3, 0.4) is 0 Å². The van der Waals surface area contributed by atoms with Crippen LogP contribution in [0.5, 0.6) is 0 Å². The lowest BCUT2D eigenvalue weighted by Crippen LogP contribution is -2.44. The maximum atomic E-state index is 12.4. The van der Waals surface area contributed by atoms with E-state index < -0.39 is 0 Å². The van der Waals surface area contributed by atoms with E-state index in [1.54, 1.807) is 4.90 Å². The second-order valence-corrected chi connectivity index (χ2v) is 4.18. The number of aromatic amines is 1. The average Bonchev–Trinajstić information content (AvgIpc) is 2.39. The molecule has 5 nitrogen and oxygen atoms in total. The number of carbonyl (C=O) groups is 1. The van der Waals surface area contributed by atoms with Gasteiger partial charge in [0.25, 0.3) is 5.91 Å². The van der Waals surface area contributed by atoms with Gasteiger partial charge in [-0.15, -0.1) is 0 Å². The summed E-state index contributed by atoms with van der Waals surface area (Å²) in [4.78, 5) is 28.5. The highest BCUT2D eigenvalue weighted by atomic mass is 16.2. The number of hydrogen-bond donors (Lipinski definition) is 2. The van der Waals surface area contributed by atoms with Gasteiger partial charge < -0.3 is 15.6 Å². The van der Waals surface area contributed by atoms with E-state index in [4.69, 9.17) is 5.73 Å². The number of amides is 1. The molecule has 1 rings (SSSR count). The molecule has 3 N–H and O–H groups in total. The third kappa shape index (κ3) is 3.20. The molecule has 18 heavy (non-hydrogen) atoms. The van der Waals surface area contributed by atoms with Gasteiger partial charge in [-0.05, 0) is 12.8 Å². The van der Waals surface area contributed by atoms with E-state index >= 15 is 0 Å². The normalized spacial score (nSPS) is 10.7.